The summed E-state index contributed by atoms with van der Waals surface area (Å²) in [6.45, 7) is 2.15. The lowest BCUT2D eigenvalue weighted by molar-refractivity contribution is 0.591. The van der Waals surface area contributed by atoms with Gasteiger partial charge in [0.2, 0.25) is 0 Å². The summed E-state index contributed by atoms with van der Waals surface area (Å²) in [5.41, 5.74) is 0.930. The van der Waals surface area contributed by atoms with Crippen molar-refractivity contribution < 1.29 is 4.39 Å². The minimum Gasteiger partial charge on any atom is -0.316 e. The van der Waals surface area contributed by atoms with Crippen molar-refractivity contribution in [2.24, 2.45) is 11.8 Å². The van der Waals surface area contributed by atoms with Gasteiger partial charge < -0.3 is 5.32 Å². The van der Waals surface area contributed by atoms with E-state index in [1.165, 1.54) is 0 Å². The Morgan fingerprint density at radius 1 is 1.15 bits per heavy atom. The maximum absolute atomic E-state index is 13.4. The molecule has 1 nitrogen and oxygen atoms in total. The second kappa shape index (κ2) is 2.55. The number of hydrogen-bond acceptors (Lipinski definition) is 1. The number of rotatable bonds is 1. The summed E-state index contributed by atoms with van der Waals surface area (Å²) in [5, 5.41) is 3.32. The molecular formula is C11H12FN. The Morgan fingerprint density at radius 2 is 1.85 bits per heavy atom. The number of halogens is 1. The molecule has 1 aliphatic heterocycles. The lowest BCUT2D eigenvalue weighted by Crippen LogP contribution is -2.14. The lowest BCUT2D eigenvalue weighted by Gasteiger charge is -2.05. The third-order valence-corrected chi connectivity index (χ3v) is 3.36. The minimum atomic E-state index is -0.0260. The van der Waals surface area contributed by atoms with Crippen molar-refractivity contribution in [2.75, 3.05) is 13.1 Å². The smallest absolute Gasteiger partial charge is 0.126 e. The second-order valence-corrected chi connectivity index (χ2v) is 4.03. The summed E-state index contributed by atoms with van der Waals surface area (Å²) < 4.78 is 13.4. The fourth-order valence-electron chi connectivity index (χ4n) is 2.63. The van der Waals surface area contributed by atoms with Crippen LogP contribution in [0.3, 0.4) is 0 Å². The van der Waals surface area contributed by atoms with E-state index >= 15 is 0 Å². The molecule has 3 rings (SSSR count). The van der Waals surface area contributed by atoms with Crippen LogP contribution in [0.1, 0.15) is 11.5 Å². The van der Waals surface area contributed by atoms with Crippen molar-refractivity contribution in [3.63, 3.8) is 0 Å². The molecule has 0 aromatic heterocycles. The van der Waals surface area contributed by atoms with Gasteiger partial charge in [-0.1, -0.05) is 18.2 Å². The second-order valence-electron chi connectivity index (χ2n) is 4.03. The molecule has 68 valence electrons. The van der Waals surface area contributed by atoms with E-state index in [2.05, 4.69) is 5.32 Å². The SMILES string of the molecule is Fc1ccccc1C1C2CNCC21. The number of nitrogens with one attached hydrogen (secondary N) is 1. The molecule has 0 radical (unpaired) electrons. The van der Waals surface area contributed by atoms with Gasteiger partial charge in [0.05, 0.1) is 0 Å². The average molecular weight is 177 g/mol. The van der Waals surface area contributed by atoms with Crippen LogP contribution in [0.25, 0.3) is 0 Å². The first-order valence-corrected chi connectivity index (χ1v) is 4.83. The molecule has 0 bridgehead atoms. The van der Waals surface area contributed by atoms with Crippen molar-refractivity contribution in [2.45, 2.75) is 5.92 Å². The normalized spacial score (nSPS) is 35.9. The summed E-state index contributed by atoms with van der Waals surface area (Å²) in [6, 6.07) is 7.18. The molecule has 1 saturated heterocycles. The molecular weight excluding hydrogens is 165 g/mol. The van der Waals surface area contributed by atoms with Crippen molar-refractivity contribution >= 4 is 0 Å². The molecule has 0 spiro atoms. The highest BCUT2D eigenvalue weighted by Crippen LogP contribution is 2.56. The van der Waals surface area contributed by atoms with Gasteiger partial charge in [-0.3, -0.25) is 0 Å². The average Bonchev–Trinajstić information content (AvgIpc) is 2.61. The Hall–Kier alpha value is -0.890. The van der Waals surface area contributed by atoms with E-state index in [0.717, 1.165) is 18.7 Å². The van der Waals surface area contributed by atoms with E-state index in [1.807, 2.05) is 12.1 Å². The van der Waals surface area contributed by atoms with Gasteiger partial charge in [0.1, 0.15) is 5.82 Å². The van der Waals surface area contributed by atoms with Crippen molar-refractivity contribution in [1.82, 2.24) is 5.32 Å². The molecule has 1 aromatic carbocycles. The molecule has 13 heavy (non-hydrogen) atoms. The Morgan fingerprint density at radius 3 is 2.54 bits per heavy atom. The highest BCUT2D eigenvalue weighted by molar-refractivity contribution is 5.31. The van der Waals surface area contributed by atoms with E-state index in [9.17, 15) is 4.39 Å². The van der Waals surface area contributed by atoms with Crippen LogP contribution in [0, 0.1) is 17.7 Å². The van der Waals surface area contributed by atoms with Crippen molar-refractivity contribution in [3.8, 4) is 0 Å². The molecule has 2 heteroatoms. The van der Waals surface area contributed by atoms with Gasteiger partial charge in [0, 0.05) is 0 Å². The summed E-state index contributed by atoms with van der Waals surface area (Å²) in [6.07, 6.45) is 0. The minimum absolute atomic E-state index is 0.0260. The summed E-state index contributed by atoms with van der Waals surface area (Å²) >= 11 is 0. The summed E-state index contributed by atoms with van der Waals surface area (Å²) in [5.74, 6) is 1.89. The summed E-state index contributed by atoms with van der Waals surface area (Å²) in [7, 11) is 0. The predicted molar refractivity (Wildman–Crippen MR) is 49.0 cm³/mol. The monoisotopic (exact) mass is 177 g/mol. The fraction of sp³-hybridized carbons (Fsp3) is 0.455. The number of fused-ring (bicyclic) bond motifs is 1. The highest BCUT2D eigenvalue weighted by Gasteiger charge is 2.54. The number of benzene rings is 1. The van der Waals surface area contributed by atoms with E-state index in [0.29, 0.717) is 17.8 Å². The maximum Gasteiger partial charge on any atom is 0.126 e. The molecule has 2 fully saturated rings. The molecule has 2 aliphatic rings. The van der Waals surface area contributed by atoms with Crippen LogP contribution < -0.4 is 5.32 Å². The standard InChI is InChI=1S/C11H12FN/c12-10-4-2-1-3-7(10)11-8-5-13-6-9(8)11/h1-4,8-9,11,13H,5-6H2. The Balaban J connectivity index is 1.91. The highest BCUT2D eigenvalue weighted by atomic mass is 19.1. The first-order valence-electron chi connectivity index (χ1n) is 4.83. The van der Waals surface area contributed by atoms with Crippen LogP contribution in [-0.4, -0.2) is 13.1 Å². The molecule has 1 N–H and O–H groups in total. The molecule has 2 unspecified atom stereocenters. The van der Waals surface area contributed by atoms with E-state index < -0.39 is 0 Å². The zero-order valence-corrected chi connectivity index (χ0v) is 7.33. The van der Waals surface area contributed by atoms with Gasteiger partial charge in [-0.15, -0.1) is 0 Å². The zero-order valence-electron chi connectivity index (χ0n) is 7.33. The van der Waals surface area contributed by atoms with Crippen LogP contribution in [0.5, 0.6) is 0 Å². The maximum atomic E-state index is 13.4. The van der Waals surface area contributed by atoms with Crippen LogP contribution in [-0.2, 0) is 0 Å². The van der Waals surface area contributed by atoms with E-state index in [1.54, 1.807) is 12.1 Å². The van der Waals surface area contributed by atoms with Gasteiger partial charge in [0.15, 0.2) is 0 Å². The largest absolute Gasteiger partial charge is 0.316 e. The first-order chi connectivity index (χ1) is 6.38. The molecule has 1 aromatic rings. The van der Waals surface area contributed by atoms with Crippen LogP contribution in [0.4, 0.5) is 4.39 Å². The topological polar surface area (TPSA) is 12.0 Å². The molecule has 1 heterocycles. The molecule has 0 amide bonds. The fourth-order valence-corrected chi connectivity index (χ4v) is 2.63. The third kappa shape index (κ3) is 1.02. The van der Waals surface area contributed by atoms with Crippen molar-refractivity contribution in [3.05, 3.63) is 35.6 Å². The Labute approximate surface area is 77.0 Å². The number of hydrogen-bond donors (Lipinski definition) is 1. The Kier molecular flexibility index (Phi) is 1.47. The first kappa shape index (κ1) is 7.51. The quantitative estimate of drug-likeness (QED) is 0.689. The molecule has 1 saturated carbocycles. The van der Waals surface area contributed by atoms with Crippen LogP contribution >= 0.6 is 0 Å². The van der Waals surface area contributed by atoms with Gasteiger partial charge in [-0.05, 0) is 42.5 Å². The van der Waals surface area contributed by atoms with E-state index in [4.69, 9.17) is 0 Å². The summed E-state index contributed by atoms with van der Waals surface area (Å²) in [4.78, 5) is 0. The third-order valence-electron chi connectivity index (χ3n) is 3.36. The van der Waals surface area contributed by atoms with Gasteiger partial charge in [-0.2, -0.15) is 0 Å². The van der Waals surface area contributed by atoms with Gasteiger partial charge in [-0.25, -0.2) is 4.39 Å². The molecule has 2 atom stereocenters. The Bertz CT molecular complexity index is 327. The van der Waals surface area contributed by atoms with Crippen molar-refractivity contribution in [1.29, 1.82) is 0 Å². The predicted octanol–water partition coefficient (Wildman–Crippen LogP) is 1.76. The molecule has 1 aliphatic carbocycles. The number of piperidine rings is 1. The van der Waals surface area contributed by atoms with E-state index in [-0.39, 0.29) is 5.82 Å². The van der Waals surface area contributed by atoms with Crippen LogP contribution in [0.15, 0.2) is 24.3 Å². The van der Waals surface area contributed by atoms with Gasteiger partial charge >= 0.3 is 0 Å². The van der Waals surface area contributed by atoms with Gasteiger partial charge in [0.25, 0.3) is 0 Å². The zero-order chi connectivity index (χ0) is 8.84. The lowest BCUT2D eigenvalue weighted by atomic mass is 10.1. The van der Waals surface area contributed by atoms with Crippen LogP contribution in [0.2, 0.25) is 0 Å².